The monoisotopic (exact) mass is 347 g/mol. The summed E-state index contributed by atoms with van der Waals surface area (Å²) < 4.78 is 25.9. The molecule has 0 saturated carbocycles. The van der Waals surface area contributed by atoms with Gasteiger partial charge in [-0.05, 0) is 19.1 Å². The normalized spacial score (nSPS) is 18.8. The van der Waals surface area contributed by atoms with E-state index in [4.69, 9.17) is 0 Å². The molecule has 23 heavy (non-hydrogen) atoms. The Balaban J connectivity index is 0.00000264. The Bertz CT molecular complexity index is 552. The second kappa shape index (κ2) is 8.21. The Morgan fingerprint density at radius 2 is 1.83 bits per heavy atom. The van der Waals surface area contributed by atoms with E-state index in [2.05, 4.69) is 16.0 Å². The van der Waals surface area contributed by atoms with E-state index in [9.17, 15) is 18.4 Å². The van der Waals surface area contributed by atoms with E-state index >= 15 is 0 Å². The molecule has 3 N–H and O–H groups in total. The lowest BCUT2D eigenvalue weighted by Gasteiger charge is -2.11. The zero-order valence-electron chi connectivity index (χ0n) is 12.7. The topological polar surface area (TPSA) is 70.2 Å². The molecule has 8 heteroatoms. The van der Waals surface area contributed by atoms with Gasteiger partial charge in [0.2, 0.25) is 5.91 Å². The molecular formula is C15H20ClF2N3O2. The maximum Gasteiger partial charge on any atom is 0.262 e. The SMILES string of the molecule is Cc1ccc(C(=O)NCCNC(=O)C2CC(F)(F)CN2)cc1.Cl. The summed E-state index contributed by atoms with van der Waals surface area (Å²) in [6.07, 6.45) is -0.492. The van der Waals surface area contributed by atoms with Gasteiger partial charge in [0.1, 0.15) is 0 Å². The number of aryl methyl sites for hydroxylation is 1. The number of halogens is 3. The van der Waals surface area contributed by atoms with Crippen molar-refractivity contribution in [1.82, 2.24) is 16.0 Å². The Morgan fingerprint density at radius 1 is 1.22 bits per heavy atom. The molecule has 1 aliphatic rings. The van der Waals surface area contributed by atoms with Crippen molar-refractivity contribution in [3.05, 3.63) is 35.4 Å². The predicted octanol–water partition coefficient (Wildman–Crippen LogP) is 1.26. The van der Waals surface area contributed by atoms with E-state index in [0.29, 0.717) is 5.56 Å². The van der Waals surface area contributed by atoms with Crippen molar-refractivity contribution in [2.75, 3.05) is 19.6 Å². The largest absolute Gasteiger partial charge is 0.353 e. The van der Waals surface area contributed by atoms with Crippen molar-refractivity contribution in [2.24, 2.45) is 0 Å². The van der Waals surface area contributed by atoms with Crippen LogP contribution in [0.2, 0.25) is 0 Å². The number of carbonyl (C=O) groups excluding carboxylic acids is 2. The molecule has 0 spiro atoms. The van der Waals surface area contributed by atoms with Gasteiger partial charge in [-0.25, -0.2) is 8.78 Å². The van der Waals surface area contributed by atoms with Crippen LogP contribution in [0.1, 0.15) is 22.3 Å². The van der Waals surface area contributed by atoms with Gasteiger partial charge in [0.25, 0.3) is 11.8 Å². The molecule has 1 fully saturated rings. The fourth-order valence-corrected chi connectivity index (χ4v) is 2.19. The first-order chi connectivity index (χ1) is 10.4. The van der Waals surface area contributed by atoms with Crippen molar-refractivity contribution in [3.8, 4) is 0 Å². The van der Waals surface area contributed by atoms with Crippen LogP contribution in [0.3, 0.4) is 0 Å². The number of benzene rings is 1. The van der Waals surface area contributed by atoms with Crippen LogP contribution in [0, 0.1) is 6.92 Å². The summed E-state index contributed by atoms with van der Waals surface area (Å²) in [4.78, 5) is 23.5. The zero-order chi connectivity index (χ0) is 16.2. The molecular weight excluding hydrogens is 328 g/mol. The summed E-state index contributed by atoms with van der Waals surface area (Å²) in [6, 6.07) is 6.23. The van der Waals surface area contributed by atoms with Gasteiger partial charge < -0.3 is 10.6 Å². The van der Waals surface area contributed by atoms with E-state index in [1.165, 1.54) is 0 Å². The second-order valence-corrected chi connectivity index (χ2v) is 5.41. The quantitative estimate of drug-likeness (QED) is 0.702. The Kier molecular flexibility index (Phi) is 6.90. The predicted molar refractivity (Wildman–Crippen MR) is 85.1 cm³/mol. The van der Waals surface area contributed by atoms with Crippen LogP contribution in [0.4, 0.5) is 8.78 Å². The molecule has 0 aliphatic carbocycles. The lowest BCUT2D eigenvalue weighted by molar-refractivity contribution is -0.123. The van der Waals surface area contributed by atoms with Crippen molar-refractivity contribution in [2.45, 2.75) is 25.3 Å². The van der Waals surface area contributed by atoms with Crippen molar-refractivity contribution >= 4 is 24.2 Å². The minimum absolute atomic E-state index is 0. The van der Waals surface area contributed by atoms with Gasteiger partial charge >= 0.3 is 0 Å². The van der Waals surface area contributed by atoms with E-state index < -0.39 is 30.8 Å². The lowest BCUT2D eigenvalue weighted by Crippen LogP contribution is -2.43. The Labute approximate surface area is 139 Å². The molecule has 5 nitrogen and oxygen atoms in total. The minimum Gasteiger partial charge on any atom is -0.353 e. The van der Waals surface area contributed by atoms with Gasteiger partial charge in [0.05, 0.1) is 12.6 Å². The summed E-state index contributed by atoms with van der Waals surface area (Å²) in [6.45, 7) is 1.88. The van der Waals surface area contributed by atoms with E-state index in [-0.39, 0.29) is 31.4 Å². The summed E-state index contributed by atoms with van der Waals surface area (Å²) in [5.74, 6) is -3.54. The number of carbonyl (C=O) groups is 2. The zero-order valence-corrected chi connectivity index (χ0v) is 13.5. The molecule has 1 heterocycles. The van der Waals surface area contributed by atoms with Crippen LogP contribution in [-0.2, 0) is 4.79 Å². The van der Waals surface area contributed by atoms with Crippen molar-refractivity contribution in [1.29, 1.82) is 0 Å². The third kappa shape index (κ3) is 5.76. The first-order valence-electron chi connectivity index (χ1n) is 7.11. The average Bonchev–Trinajstić information content (AvgIpc) is 2.84. The number of rotatable bonds is 5. The highest BCUT2D eigenvalue weighted by molar-refractivity contribution is 5.94. The first kappa shape index (κ1) is 19.3. The molecule has 1 unspecified atom stereocenters. The summed E-state index contributed by atoms with van der Waals surface area (Å²) in [7, 11) is 0. The second-order valence-electron chi connectivity index (χ2n) is 5.41. The molecule has 0 radical (unpaired) electrons. The van der Waals surface area contributed by atoms with Crippen molar-refractivity contribution in [3.63, 3.8) is 0 Å². The summed E-state index contributed by atoms with van der Waals surface area (Å²) in [5, 5.41) is 7.67. The van der Waals surface area contributed by atoms with Crippen LogP contribution in [0.15, 0.2) is 24.3 Å². The molecule has 1 aromatic rings. The van der Waals surface area contributed by atoms with E-state index in [0.717, 1.165) is 5.56 Å². The van der Waals surface area contributed by atoms with Gasteiger partial charge in [-0.1, -0.05) is 17.7 Å². The third-order valence-corrected chi connectivity index (χ3v) is 3.45. The van der Waals surface area contributed by atoms with Gasteiger partial charge in [0, 0.05) is 25.1 Å². The first-order valence-corrected chi connectivity index (χ1v) is 7.11. The Hall–Kier alpha value is -1.73. The van der Waals surface area contributed by atoms with Gasteiger partial charge in [0.15, 0.2) is 0 Å². The molecule has 1 saturated heterocycles. The molecule has 0 aromatic heterocycles. The van der Waals surface area contributed by atoms with E-state index in [1.807, 2.05) is 19.1 Å². The molecule has 2 rings (SSSR count). The highest BCUT2D eigenvalue weighted by Crippen LogP contribution is 2.24. The van der Waals surface area contributed by atoms with Gasteiger partial charge in [-0.2, -0.15) is 0 Å². The molecule has 1 atom stereocenters. The number of hydrogen-bond donors (Lipinski definition) is 3. The van der Waals surface area contributed by atoms with Gasteiger partial charge in [-0.3, -0.25) is 14.9 Å². The highest BCUT2D eigenvalue weighted by atomic mass is 35.5. The van der Waals surface area contributed by atoms with Crippen LogP contribution >= 0.6 is 12.4 Å². The van der Waals surface area contributed by atoms with Crippen molar-refractivity contribution < 1.29 is 18.4 Å². The fourth-order valence-electron chi connectivity index (χ4n) is 2.19. The number of alkyl halides is 2. The molecule has 128 valence electrons. The molecule has 1 aromatic carbocycles. The molecule has 1 aliphatic heterocycles. The highest BCUT2D eigenvalue weighted by Gasteiger charge is 2.42. The van der Waals surface area contributed by atoms with Gasteiger partial charge in [-0.15, -0.1) is 12.4 Å². The lowest BCUT2D eigenvalue weighted by atomic mass is 10.1. The fraction of sp³-hybridized carbons (Fsp3) is 0.467. The minimum atomic E-state index is -2.83. The third-order valence-electron chi connectivity index (χ3n) is 3.45. The van der Waals surface area contributed by atoms with Crippen LogP contribution < -0.4 is 16.0 Å². The Morgan fingerprint density at radius 3 is 2.39 bits per heavy atom. The van der Waals surface area contributed by atoms with E-state index in [1.54, 1.807) is 12.1 Å². The van der Waals surface area contributed by atoms with Crippen LogP contribution in [-0.4, -0.2) is 43.4 Å². The standard InChI is InChI=1S/C15H19F2N3O2.ClH/c1-10-2-4-11(5-3-10)13(21)18-6-7-19-14(22)12-8-15(16,17)9-20-12;/h2-5,12,20H,6-9H2,1H3,(H,18,21)(H,19,22);1H. The maximum absolute atomic E-state index is 13.0. The molecule has 2 amide bonds. The number of amides is 2. The van der Waals surface area contributed by atoms with Crippen LogP contribution in [0.25, 0.3) is 0 Å². The number of hydrogen-bond acceptors (Lipinski definition) is 3. The smallest absolute Gasteiger partial charge is 0.262 e. The number of nitrogens with one attached hydrogen (secondary N) is 3. The average molecular weight is 348 g/mol. The summed E-state index contributed by atoms with van der Waals surface area (Å²) >= 11 is 0. The van der Waals surface area contributed by atoms with Crippen LogP contribution in [0.5, 0.6) is 0 Å². The maximum atomic E-state index is 13.0. The summed E-state index contributed by atoms with van der Waals surface area (Å²) in [5.41, 5.74) is 1.60. The molecule has 0 bridgehead atoms.